The topological polar surface area (TPSA) is 64.9 Å². The molecule has 0 amide bonds. The Morgan fingerprint density at radius 1 is 1.25 bits per heavy atom. The Morgan fingerprint density at radius 2 is 2.00 bits per heavy atom. The van der Waals surface area contributed by atoms with E-state index in [4.69, 9.17) is 5.73 Å². The van der Waals surface area contributed by atoms with Crippen molar-refractivity contribution in [3.63, 3.8) is 0 Å². The fraction of sp³-hybridized carbons (Fsp3) is 0.0909. The van der Waals surface area contributed by atoms with Gasteiger partial charge in [0, 0.05) is 4.90 Å². The average Bonchev–Trinajstić information content (AvgIpc) is 2.73. The van der Waals surface area contributed by atoms with Crippen LogP contribution in [0.15, 0.2) is 33.7 Å². The molecule has 0 fully saturated rings. The molecule has 2 rings (SSSR count). The van der Waals surface area contributed by atoms with Gasteiger partial charge in [-0.3, -0.25) is 0 Å². The van der Waals surface area contributed by atoms with Crippen LogP contribution in [0.4, 0.5) is 6.01 Å². The predicted molar refractivity (Wildman–Crippen MR) is 65.9 cm³/mol. The molecule has 0 aliphatic rings. The Balaban J connectivity index is 2.11. The second-order valence-electron chi connectivity index (χ2n) is 3.10. The van der Waals surface area contributed by atoms with Gasteiger partial charge in [0.1, 0.15) is 0 Å². The highest BCUT2D eigenvalue weighted by atomic mass is 32.2. The second kappa shape index (κ2) is 4.85. The Morgan fingerprint density at radius 3 is 2.56 bits per heavy atom. The Bertz CT molecular complexity index is 490. The standard InChI is InChI=1S/C11H11N3OS/c1-16-9-5-2-8(3-6-9)4-7-10-13-11(12)15-14-10/h2-7H,1H3,(H2,12,13,14). The number of nitrogens with two attached hydrogens (primary N) is 1. The normalized spacial score (nSPS) is 11.1. The molecular weight excluding hydrogens is 222 g/mol. The number of thioether (sulfide) groups is 1. The molecule has 0 radical (unpaired) electrons. The van der Waals surface area contributed by atoms with Crippen LogP contribution in [0, 0.1) is 0 Å². The second-order valence-corrected chi connectivity index (χ2v) is 3.98. The summed E-state index contributed by atoms with van der Waals surface area (Å²) < 4.78 is 4.65. The number of nitrogens with zero attached hydrogens (tertiary/aromatic N) is 2. The van der Waals surface area contributed by atoms with Crippen LogP contribution >= 0.6 is 11.8 Å². The van der Waals surface area contributed by atoms with E-state index in [1.165, 1.54) is 4.90 Å². The van der Waals surface area contributed by atoms with Crippen LogP contribution in [0.1, 0.15) is 11.4 Å². The van der Waals surface area contributed by atoms with Gasteiger partial charge in [0.2, 0.25) is 0 Å². The summed E-state index contributed by atoms with van der Waals surface area (Å²) in [7, 11) is 0. The van der Waals surface area contributed by atoms with Gasteiger partial charge in [-0.2, -0.15) is 4.98 Å². The number of nitrogen functional groups attached to an aromatic ring is 1. The minimum atomic E-state index is 0.0809. The summed E-state index contributed by atoms with van der Waals surface area (Å²) in [6, 6.07) is 8.28. The van der Waals surface area contributed by atoms with Gasteiger partial charge in [0.05, 0.1) is 0 Å². The summed E-state index contributed by atoms with van der Waals surface area (Å²) in [5, 5.41) is 3.66. The molecule has 0 spiro atoms. The van der Waals surface area contributed by atoms with E-state index in [0.29, 0.717) is 5.82 Å². The van der Waals surface area contributed by atoms with E-state index in [1.54, 1.807) is 17.8 Å². The van der Waals surface area contributed by atoms with Gasteiger partial charge in [-0.15, -0.1) is 11.8 Å². The third-order valence-electron chi connectivity index (χ3n) is 2.00. The van der Waals surface area contributed by atoms with E-state index in [9.17, 15) is 0 Å². The zero-order valence-corrected chi connectivity index (χ0v) is 9.57. The van der Waals surface area contributed by atoms with Crippen LogP contribution in [0.3, 0.4) is 0 Å². The monoisotopic (exact) mass is 233 g/mol. The molecule has 2 aromatic rings. The van der Waals surface area contributed by atoms with Crippen LogP contribution < -0.4 is 5.73 Å². The lowest BCUT2D eigenvalue weighted by atomic mass is 10.2. The lowest BCUT2D eigenvalue weighted by Crippen LogP contribution is -1.82. The maximum Gasteiger partial charge on any atom is 0.319 e. The SMILES string of the molecule is CSc1ccc(C=Cc2noc(N)n2)cc1. The molecule has 0 saturated carbocycles. The van der Waals surface area contributed by atoms with Crippen molar-refractivity contribution < 1.29 is 4.52 Å². The molecule has 82 valence electrons. The maximum absolute atomic E-state index is 5.31. The lowest BCUT2D eigenvalue weighted by Gasteiger charge is -1.95. The number of rotatable bonds is 3. The Hall–Kier alpha value is -1.75. The molecule has 1 heterocycles. The number of anilines is 1. The highest BCUT2D eigenvalue weighted by Crippen LogP contribution is 2.16. The van der Waals surface area contributed by atoms with Crippen molar-refractivity contribution in [3.8, 4) is 0 Å². The van der Waals surface area contributed by atoms with Gasteiger partial charge >= 0.3 is 6.01 Å². The molecular formula is C11H11N3OS. The van der Waals surface area contributed by atoms with Crippen LogP contribution in [0.2, 0.25) is 0 Å². The van der Waals surface area contributed by atoms with Gasteiger partial charge in [-0.05, 0) is 30.0 Å². The molecule has 0 aliphatic carbocycles. The third kappa shape index (κ3) is 2.64. The number of hydrogen-bond acceptors (Lipinski definition) is 5. The van der Waals surface area contributed by atoms with E-state index in [1.807, 2.05) is 24.5 Å². The minimum Gasteiger partial charge on any atom is -0.351 e. The van der Waals surface area contributed by atoms with Crippen molar-refractivity contribution in [1.82, 2.24) is 10.1 Å². The molecule has 1 aromatic carbocycles. The van der Waals surface area contributed by atoms with E-state index in [-0.39, 0.29) is 6.01 Å². The first-order valence-electron chi connectivity index (χ1n) is 4.69. The highest BCUT2D eigenvalue weighted by molar-refractivity contribution is 7.98. The zero-order valence-electron chi connectivity index (χ0n) is 8.75. The molecule has 0 aliphatic heterocycles. The summed E-state index contributed by atoms with van der Waals surface area (Å²) in [5.41, 5.74) is 6.39. The van der Waals surface area contributed by atoms with E-state index in [2.05, 4.69) is 26.8 Å². The van der Waals surface area contributed by atoms with Crippen molar-refractivity contribution in [1.29, 1.82) is 0 Å². The van der Waals surface area contributed by atoms with Gasteiger partial charge < -0.3 is 10.3 Å². The summed E-state index contributed by atoms with van der Waals surface area (Å²) in [5.74, 6) is 0.478. The van der Waals surface area contributed by atoms with Gasteiger partial charge in [-0.1, -0.05) is 23.4 Å². The van der Waals surface area contributed by atoms with Gasteiger partial charge in [-0.25, -0.2) is 0 Å². The molecule has 2 N–H and O–H groups in total. The number of aromatic nitrogens is 2. The zero-order chi connectivity index (χ0) is 11.4. The molecule has 5 heteroatoms. The Kier molecular flexibility index (Phi) is 3.26. The fourth-order valence-electron chi connectivity index (χ4n) is 1.20. The highest BCUT2D eigenvalue weighted by Gasteiger charge is 1.97. The Labute approximate surface area is 97.5 Å². The maximum atomic E-state index is 5.31. The minimum absolute atomic E-state index is 0.0809. The van der Waals surface area contributed by atoms with E-state index >= 15 is 0 Å². The summed E-state index contributed by atoms with van der Waals surface area (Å²) in [6.07, 6.45) is 5.72. The van der Waals surface area contributed by atoms with Crippen LogP contribution in [0.5, 0.6) is 0 Å². The molecule has 0 atom stereocenters. The molecule has 0 bridgehead atoms. The van der Waals surface area contributed by atoms with Crippen molar-refractivity contribution in [2.24, 2.45) is 0 Å². The molecule has 0 unspecified atom stereocenters. The van der Waals surface area contributed by atoms with Crippen molar-refractivity contribution in [2.45, 2.75) is 4.90 Å². The van der Waals surface area contributed by atoms with E-state index < -0.39 is 0 Å². The smallest absolute Gasteiger partial charge is 0.319 e. The van der Waals surface area contributed by atoms with Crippen molar-refractivity contribution in [3.05, 3.63) is 35.7 Å². The van der Waals surface area contributed by atoms with Crippen LogP contribution in [-0.4, -0.2) is 16.4 Å². The fourth-order valence-corrected chi connectivity index (χ4v) is 1.61. The average molecular weight is 233 g/mol. The van der Waals surface area contributed by atoms with E-state index in [0.717, 1.165) is 5.56 Å². The molecule has 4 nitrogen and oxygen atoms in total. The van der Waals surface area contributed by atoms with Gasteiger partial charge in [0.15, 0.2) is 5.82 Å². The van der Waals surface area contributed by atoms with Crippen LogP contribution in [0.25, 0.3) is 12.2 Å². The summed E-state index contributed by atoms with van der Waals surface area (Å²) in [4.78, 5) is 5.11. The first kappa shape index (κ1) is 10.8. The molecule has 1 aromatic heterocycles. The van der Waals surface area contributed by atoms with Crippen molar-refractivity contribution >= 4 is 29.9 Å². The predicted octanol–water partition coefficient (Wildman–Crippen LogP) is 2.54. The number of benzene rings is 1. The van der Waals surface area contributed by atoms with Crippen LogP contribution in [-0.2, 0) is 0 Å². The van der Waals surface area contributed by atoms with Gasteiger partial charge in [0.25, 0.3) is 0 Å². The van der Waals surface area contributed by atoms with Crippen molar-refractivity contribution in [2.75, 3.05) is 12.0 Å². The molecule has 0 saturated heterocycles. The number of hydrogen-bond donors (Lipinski definition) is 1. The summed E-state index contributed by atoms with van der Waals surface area (Å²) in [6.45, 7) is 0. The first-order valence-corrected chi connectivity index (χ1v) is 5.92. The quantitative estimate of drug-likeness (QED) is 0.825. The largest absolute Gasteiger partial charge is 0.351 e. The molecule has 16 heavy (non-hydrogen) atoms. The lowest BCUT2D eigenvalue weighted by molar-refractivity contribution is 0.433. The summed E-state index contributed by atoms with van der Waals surface area (Å²) >= 11 is 1.71. The first-order chi connectivity index (χ1) is 7.78. The third-order valence-corrected chi connectivity index (χ3v) is 2.74.